The molecule has 6 heteroatoms. The number of Topliss-reactive ketones (excluding diaryl/α,β-unsaturated/α-hetero) is 1. The first-order chi connectivity index (χ1) is 9.01. The van der Waals surface area contributed by atoms with Gasteiger partial charge >= 0.3 is 5.97 Å². The average Bonchev–Trinajstić information content (AvgIpc) is 2.45. The zero-order chi connectivity index (χ0) is 14.4. The minimum absolute atomic E-state index is 0.115. The maximum absolute atomic E-state index is 11.6. The highest BCUT2D eigenvalue weighted by Crippen LogP contribution is 2.17. The molecule has 2 unspecified atom stereocenters. The van der Waals surface area contributed by atoms with Gasteiger partial charge in [-0.15, -0.1) is 0 Å². The zero-order valence-corrected chi connectivity index (χ0v) is 10.4. The van der Waals surface area contributed by atoms with Gasteiger partial charge in [0.2, 0.25) is 0 Å². The molecule has 0 aliphatic rings. The molecule has 1 rings (SSSR count). The molecule has 0 amide bonds. The Morgan fingerprint density at radius 3 is 2.26 bits per heavy atom. The van der Waals surface area contributed by atoms with Crippen molar-refractivity contribution in [3.63, 3.8) is 0 Å². The van der Waals surface area contributed by atoms with Crippen LogP contribution in [0.4, 0.5) is 0 Å². The summed E-state index contributed by atoms with van der Waals surface area (Å²) in [6.07, 6.45) is -2.55. The van der Waals surface area contributed by atoms with Crippen molar-refractivity contribution in [1.29, 1.82) is 0 Å². The van der Waals surface area contributed by atoms with Crippen LogP contribution < -0.4 is 0 Å². The summed E-state index contributed by atoms with van der Waals surface area (Å²) in [6.45, 7) is 1.13. The third-order valence-corrected chi connectivity index (χ3v) is 2.53. The summed E-state index contributed by atoms with van der Waals surface area (Å²) in [5.41, 5.74) is 0.467. The predicted octanol–water partition coefficient (Wildman–Crippen LogP) is -0.181. The second kappa shape index (κ2) is 6.98. The highest BCUT2D eigenvalue weighted by Gasteiger charge is 2.20. The van der Waals surface area contributed by atoms with Gasteiger partial charge in [-0.2, -0.15) is 0 Å². The molecule has 6 nitrogen and oxygen atoms in total. The van der Waals surface area contributed by atoms with Crippen LogP contribution in [0.3, 0.4) is 0 Å². The van der Waals surface area contributed by atoms with Crippen LogP contribution in [-0.4, -0.2) is 46.4 Å². The van der Waals surface area contributed by atoms with Gasteiger partial charge in [0.25, 0.3) is 5.78 Å². The Kier molecular flexibility index (Phi) is 5.62. The molecule has 0 aliphatic heterocycles. The number of hydrogen-bond acceptors (Lipinski definition) is 6. The first kappa shape index (κ1) is 15.3. The summed E-state index contributed by atoms with van der Waals surface area (Å²) < 4.78 is 4.58. The summed E-state index contributed by atoms with van der Waals surface area (Å²) in [7, 11) is 0. The molecule has 0 spiro atoms. The fraction of sp³-hybridized carbons (Fsp3) is 0.385. The number of aliphatic hydroxyl groups is 3. The third-order valence-electron chi connectivity index (χ3n) is 2.53. The van der Waals surface area contributed by atoms with E-state index in [0.717, 1.165) is 0 Å². The maximum Gasteiger partial charge on any atom is 0.379 e. The topological polar surface area (TPSA) is 104 Å². The maximum atomic E-state index is 11.6. The van der Waals surface area contributed by atoms with Crippen molar-refractivity contribution in [3.05, 3.63) is 35.4 Å². The van der Waals surface area contributed by atoms with Crippen LogP contribution in [-0.2, 0) is 9.53 Å². The molecule has 0 aliphatic carbocycles. The van der Waals surface area contributed by atoms with Crippen molar-refractivity contribution >= 4 is 11.8 Å². The van der Waals surface area contributed by atoms with E-state index < -0.39 is 30.6 Å². The fourth-order valence-electron chi connectivity index (χ4n) is 1.47. The van der Waals surface area contributed by atoms with Crippen LogP contribution in [0.5, 0.6) is 0 Å². The summed E-state index contributed by atoms with van der Waals surface area (Å²) in [5, 5.41) is 27.6. The van der Waals surface area contributed by atoms with Crippen molar-refractivity contribution in [2.24, 2.45) is 0 Å². The van der Waals surface area contributed by atoms with Crippen LogP contribution in [0.15, 0.2) is 24.3 Å². The van der Waals surface area contributed by atoms with Gasteiger partial charge in [-0.25, -0.2) is 4.79 Å². The molecule has 19 heavy (non-hydrogen) atoms. The van der Waals surface area contributed by atoms with Crippen molar-refractivity contribution in [3.8, 4) is 0 Å². The van der Waals surface area contributed by atoms with E-state index in [-0.39, 0.29) is 12.2 Å². The lowest BCUT2D eigenvalue weighted by molar-refractivity contribution is -0.137. The lowest BCUT2D eigenvalue weighted by Gasteiger charge is -2.15. The van der Waals surface area contributed by atoms with E-state index in [0.29, 0.717) is 5.56 Å². The van der Waals surface area contributed by atoms with Gasteiger partial charge in [-0.3, -0.25) is 4.79 Å². The first-order valence-electron chi connectivity index (χ1n) is 5.79. The van der Waals surface area contributed by atoms with Gasteiger partial charge in [0, 0.05) is 5.56 Å². The molecule has 2 atom stereocenters. The van der Waals surface area contributed by atoms with E-state index >= 15 is 0 Å². The van der Waals surface area contributed by atoms with E-state index in [1.165, 1.54) is 24.3 Å². The molecule has 0 saturated carbocycles. The van der Waals surface area contributed by atoms with Gasteiger partial charge in [-0.1, -0.05) is 24.3 Å². The normalized spacial score (nSPS) is 13.7. The molecule has 0 bridgehead atoms. The van der Waals surface area contributed by atoms with Crippen molar-refractivity contribution < 1.29 is 29.6 Å². The Morgan fingerprint density at radius 1 is 1.21 bits per heavy atom. The van der Waals surface area contributed by atoms with E-state index in [4.69, 9.17) is 5.11 Å². The summed E-state index contributed by atoms with van der Waals surface area (Å²) in [6, 6.07) is 5.50. The molecule has 0 saturated heterocycles. The summed E-state index contributed by atoms with van der Waals surface area (Å²) >= 11 is 0. The first-order valence-corrected chi connectivity index (χ1v) is 5.79. The van der Waals surface area contributed by atoms with Crippen LogP contribution in [0.2, 0.25) is 0 Å². The molecule has 3 N–H and O–H groups in total. The molecular formula is C13H16O6. The molecule has 0 radical (unpaired) electrons. The second-order valence-corrected chi connectivity index (χ2v) is 3.87. The van der Waals surface area contributed by atoms with Gasteiger partial charge in [-0.05, 0) is 12.5 Å². The third kappa shape index (κ3) is 3.85. The Labute approximate surface area is 110 Å². The quantitative estimate of drug-likeness (QED) is 0.375. The Hall–Kier alpha value is -1.76. The highest BCUT2D eigenvalue weighted by molar-refractivity contribution is 6.40. The Bertz CT molecular complexity index is 439. The van der Waals surface area contributed by atoms with Gasteiger partial charge in [0.05, 0.1) is 13.2 Å². The predicted molar refractivity (Wildman–Crippen MR) is 65.5 cm³/mol. The van der Waals surface area contributed by atoms with Gasteiger partial charge in [0.15, 0.2) is 0 Å². The summed E-state index contributed by atoms with van der Waals surface area (Å²) in [5.74, 6) is -1.71. The number of benzene rings is 1. The molecule has 1 aromatic rings. The molecule has 104 valence electrons. The summed E-state index contributed by atoms with van der Waals surface area (Å²) in [4.78, 5) is 22.8. The Balaban J connectivity index is 2.82. The van der Waals surface area contributed by atoms with Crippen molar-refractivity contribution in [2.45, 2.75) is 19.1 Å². The lowest BCUT2D eigenvalue weighted by atomic mass is 10.0. The lowest BCUT2D eigenvalue weighted by Crippen LogP contribution is -2.22. The fourth-order valence-corrected chi connectivity index (χ4v) is 1.47. The standard InChI is InChI=1S/C13H16O6/c1-2-19-13(18)12(17)9-5-3-8(4-6-9)11(16)10(15)7-14/h3-6,10-11,14-16H,2,7H2,1H3. The highest BCUT2D eigenvalue weighted by atomic mass is 16.5. The number of carbonyl (C=O) groups is 2. The monoisotopic (exact) mass is 268 g/mol. The largest absolute Gasteiger partial charge is 0.460 e. The van der Waals surface area contributed by atoms with Gasteiger partial charge < -0.3 is 20.1 Å². The van der Waals surface area contributed by atoms with E-state index in [9.17, 15) is 19.8 Å². The van der Waals surface area contributed by atoms with Crippen LogP contribution >= 0.6 is 0 Å². The average molecular weight is 268 g/mol. The number of ether oxygens (including phenoxy) is 1. The van der Waals surface area contributed by atoms with E-state index in [2.05, 4.69) is 4.74 Å². The molecular weight excluding hydrogens is 252 g/mol. The molecule has 0 fully saturated rings. The SMILES string of the molecule is CCOC(=O)C(=O)c1ccc(C(O)C(O)CO)cc1. The van der Waals surface area contributed by atoms with E-state index in [1.54, 1.807) is 6.92 Å². The number of ketones is 1. The van der Waals surface area contributed by atoms with Crippen molar-refractivity contribution in [1.82, 2.24) is 0 Å². The smallest absolute Gasteiger partial charge is 0.379 e. The number of carbonyl (C=O) groups excluding carboxylic acids is 2. The minimum Gasteiger partial charge on any atom is -0.460 e. The minimum atomic E-state index is -1.30. The molecule has 1 aromatic carbocycles. The number of rotatable bonds is 6. The van der Waals surface area contributed by atoms with Crippen LogP contribution in [0.1, 0.15) is 28.9 Å². The van der Waals surface area contributed by atoms with Crippen LogP contribution in [0.25, 0.3) is 0 Å². The second-order valence-electron chi connectivity index (χ2n) is 3.87. The van der Waals surface area contributed by atoms with Crippen LogP contribution in [0, 0.1) is 0 Å². The number of hydrogen-bond donors (Lipinski definition) is 3. The molecule has 0 aromatic heterocycles. The van der Waals surface area contributed by atoms with Crippen molar-refractivity contribution in [2.75, 3.05) is 13.2 Å². The van der Waals surface area contributed by atoms with E-state index in [1.807, 2.05) is 0 Å². The van der Waals surface area contributed by atoms with Gasteiger partial charge in [0.1, 0.15) is 12.2 Å². The molecule has 0 heterocycles. The number of aliphatic hydroxyl groups excluding tert-OH is 3. The zero-order valence-electron chi connectivity index (χ0n) is 10.4. The Morgan fingerprint density at radius 2 is 1.79 bits per heavy atom. The number of esters is 1.